The zero-order valence-corrected chi connectivity index (χ0v) is 10.2. The lowest BCUT2D eigenvalue weighted by molar-refractivity contribution is -0.136. The minimum atomic E-state index is -0.921. The Morgan fingerprint density at radius 2 is 1.50 bits per heavy atom. The van der Waals surface area contributed by atoms with Crippen LogP contribution in [0.2, 0.25) is 0 Å². The highest BCUT2D eigenvalue weighted by atomic mass is 16.2. The van der Waals surface area contributed by atoms with E-state index in [2.05, 4.69) is 6.92 Å². The third-order valence-corrected chi connectivity index (χ3v) is 2.70. The molecule has 1 amide bonds. The van der Waals surface area contributed by atoms with E-state index >= 15 is 0 Å². The second-order valence-corrected chi connectivity index (χ2v) is 4.24. The van der Waals surface area contributed by atoms with Gasteiger partial charge in [0.1, 0.15) is 0 Å². The molecule has 0 aliphatic rings. The molecule has 4 nitrogen and oxygen atoms in total. The Morgan fingerprint density at radius 3 is 2.00 bits per heavy atom. The highest BCUT2D eigenvalue weighted by Gasteiger charge is 2.17. The average Bonchev–Trinajstić information content (AvgIpc) is 2.26. The summed E-state index contributed by atoms with van der Waals surface area (Å²) < 4.78 is 0. The summed E-state index contributed by atoms with van der Waals surface area (Å²) in [5.41, 5.74) is 10.4. The highest BCUT2D eigenvalue weighted by molar-refractivity contribution is 6.37. The van der Waals surface area contributed by atoms with Gasteiger partial charge in [-0.1, -0.05) is 51.9 Å². The first-order valence-corrected chi connectivity index (χ1v) is 6.18. The van der Waals surface area contributed by atoms with Gasteiger partial charge in [0.2, 0.25) is 5.78 Å². The molecule has 1 atom stereocenters. The van der Waals surface area contributed by atoms with Gasteiger partial charge in [0.05, 0.1) is 6.04 Å². The van der Waals surface area contributed by atoms with E-state index in [1.165, 1.54) is 32.1 Å². The lowest BCUT2D eigenvalue weighted by Crippen LogP contribution is -2.39. The van der Waals surface area contributed by atoms with E-state index in [-0.39, 0.29) is 0 Å². The predicted octanol–water partition coefficient (Wildman–Crippen LogP) is 1.51. The van der Waals surface area contributed by atoms with Crippen LogP contribution >= 0.6 is 0 Å². The number of hydrogen-bond donors (Lipinski definition) is 2. The van der Waals surface area contributed by atoms with E-state index < -0.39 is 17.7 Å². The van der Waals surface area contributed by atoms with Crippen molar-refractivity contribution >= 4 is 11.7 Å². The van der Waals surface area contributed by atoms with Crippen molar-refractivity contribution in [3.05, 3.63) is 0 Å². The number of Topliss-reactive ketones (excluding diaryl/α,β-unsaturated/α-hetero) is 1. The second-order valence-electron chi connectivity index (χ2n) is 4.24. The van der Waals surface area contributed by atoms with Crippen LogP contribution in [0.25, 0.3) is 0 Å². The smallest absolute Gasteiger partial charge is 0.286 e. The largest absolute Gasteiger partial charge is 0.363 e. The number of carbonyl (C=O) groups is 2. The van der Waals surface area contributed by atoms with Crippen LogP contribution in [0.1, 0.15) is 58.3 Å². The van der Waals surface area contributed by atoms with Gasteiger partial charge in [-0.15, -0.1) is 0 Å². The van der Waals surface area contributed by atoms with E-state index in [1.54, 1.807) is 0 Å². The van der Waals surface area contributed by atoms with Gasteiger partial charge in [-0.25, -0.2) is 0 Å². The Bertz CT molecular complexity index is 217. The molecular weight excluding hydrogens is 204 g/mol. The fourth-order valence-corrected chi connectivity index (χ4v) is 1.64. The summed E-state index contributed by atoms with van der Waals surface area (Å²) in [5, 5.41) is 0. The van der Waals surface area contributed by atoms with Crippen LogP contribution in [0.15, 0.2) is 0 Å². The summed E-state index contributed by atoms with van der Waals surface area (Å²) in [6.07, 6.45) is 8.77. The van der Waals surface area contributed by atoms with Crippen LogP contribution in [-0.4, -0.2) is 17.7 Å². The van der Waals surface area contributed by atoms with E-state index in [0.29, 0.717) is 6.42 Å². The summed E-state index contributed by atoms with van der Waals surface area (Å²) in [5.74, 6) is -1.57. The quantitative estimate of drug-likeness (QED) is 0.439. The summed E-state index contributed by atoms with van der Waals surface area (Å²) in [4.78, 5) is 21.6. The fraction of sp³-hybridized carbons (Fsp3) is 0.833. The van der Waals surface area contributed by atoms with Crippen LogP contribution in [0.3, 0.4) is 0 Å². The van der Waals surface area contributed by atoms with E-state index in [1.807, 2.05) is 0 Å². The van der Waals surface area contributed by atoms with Gasteiger partial charge in [0.25, 0.3) is 5.91 Å². The number of rotatable bonds is 10. The molecule has 0 bridgehead atoms. The molecule has 0 aliphatic carbocycles. The minimum absolute atomic E-state index is 0.565. The maximum absolute atomic E-state index is 11.0. The molecule has 4 N–H and O–H groups in total. The average molecular weight is 228 g/mol. The molecule has 0 heterocycles. The number of amides is 1. The molecule has 0 aromatic rings. The van der Waals surface area contributed by atoms with Crippen molar-refractivity contribution in [3.63, 3.8) is 0 Å². The van der Waals surface area contributed by atoms with Gasteiger partial charge in [-0.05, 0) is 6.42 Å². The van der Waals surface area contributed by atoms with Gasteiger partial charge in [0, 0.05) is 0 Å². The number of unbranched alkanes of at least 4 members (excludes halogenated alkanes) is 6. The topological polar surface area (TPSA) is 86.2 Å². The molecule has 1 unspecified atom stereocenters. The third-order valence-electron chi connectivity index (χ3n) is 2.70. The Labute approximate surface area is 97.8 Å². The lowest BCUT2D eigenvalue weighted by atomic mass is 10.0. The molecule has 0 aromatic carbocycles. The second kappa shape index (κ2) is 9.33. The Morgan fingerprint density at radius 1 is 1.00 bits per heavy atom. The van der Waals surface area contributed by atoms with Gasteiger partial charge in [0.15, 0.2) is 0 Å². The van der Waals surface area contributed by atoms with E-state index in [0.717, 1.165) is 12.8 Å². The molecule has 16 heavy (non-hydrogen) atoms. The zero-order chi connectivity index (χ0) is 12.4. The molecule has 4 heteroatoms. The van der Waals surface area contributed by atoms with Crippen molar-refractivity contribution < 1.29 is 9.59 Å². The van der Waals surface area contributed by atoms with Gasteiger partial charge in [-0.3, -0.25) is 9.59 Å². The zero-order valence-electron chi connectivity index (χ0n) is 10.2. The van der Waals surface area contributed by atoms with Gasteiger partial charge >= 0.3 is 0 Å². The summed E-state index contributed by atoms with van der Waals surface area (Å²) in [7, 11) is 0. The van der Waals surface area contributed by atoms with Crippen molar-refractivity contribution in [2.45, 2.75) is 64.3 Å². The number of nitrogens with two attached hydrogens (primary N) is 2. The molecule has 0 saturated heterocycles. The molecule has 0 rings (SSSR count). The van der Waals surface area contributed by atoms with Gasteiger partial charge < -0.3 is 11.5 Å². The van der Waals surface area contributed by atoms with Crippen molar-refractivity contribution in [2.75, 3.05) is 0 Å². The maximum Gasteiger partial charge on any atom is 0.286 e. The van der Waals surface area contributed by atoms with Crippen LogP contribution in [0, 0.1) is 0 Å². The summed E-state index contributed by atoms with van der Waals surface area (Å²) >= 11 is 0. The molecule has 0 spiro atoms. The highest BCUT2D eigenvalue weighted by Crippen LogP contribution is 2.09. The van der Waals surface area contributed by atoms with Crippen LogP contribution in [0.4, 0.5) is 0 Å². The molecular formula is C12H24N2O2. The molecule has 0 fully saturated rings. The van der Waals surface area contributed by atoms with Crippen LogP contribution in [-0.2, 0) is 9.59 Å². The van der Waals surface area contributed by atoms with Crippen LogP contribution in [0.5, 0.6) is 0 Å². The van der Waals surface area contributed by atoms with Crippen molar-refractivity contribution in [2.24, 2.45) is 11.5 Å². The van der Waals surface area contributed by atoms with Crippen molar-refractivity contribution in [1.82, 2.24) is 0 Å². The summed E-state index contributed by atoms with van der Waals surface area (Å²) in [6, 6.07) is -0.701. The number of carbonyl (C=O) groups excluding carboxylic acids is 2. The monoisotopic (exact) mass is 228 g/mol. The van der Waals surface area contributed by atoms with E-state index in [9.17, 15) is 9.59 Å². The first kappa shape index (κ1) is 15.1. The third kappa shape index (κ3) is 7.40. The predicted molar refractivity (Wildman–Crippen MR) is 64.8 cm³/mol. The van der Waals surface area contributed by atoms with E-state index in [4.69, 9.17) is 11.5 Å². The SMILES string of the molecule is CCCCCCCCCC(N)C(=O)C(N)=O. The molecule has 0 aromatic heterocycles. The minimum Gasteiger partial charge on any atom is -0.363 e. The van der Waals surface area contributed by atoms with Gasteiger partial charge in [-0.2, -0.15) is 0 Å². The molecule has 94 valence electrons. The lowest BCUT2D eigenvalue weighted by Gasteiger charge is -2.07. The molecule has 0 saturated carbocycles. The maximum atomic E-state index is 11.0. The van der Waals surface area contributed by atoms with Crippen LogP contribution < -0.4 is 11.5 Å². The standard InChI is InChI=1S/C12H24N2O2/c1-2-3-4-5-6-7-8-9-10(13)11(15)12(14)16/h10H,2-9,13H2,1H3,(H2,14,16). The first-order chi connectivity index (χ1) is 7.59. The molecule has 0 radical (unpaired) electrons. The normalized spacial score (nSPS) is 12.4. The Hall–Kier alpha value is -0.900. The number of primary amides is 1. The summed E-state index contributed by atoms with van der Waals surface area (Å²) in [6.45, 7) is 2.19. The number of hydrogen-bond acceptors (Lipinski definition) is 3. The fourth-order valence-electron chi connectivity index (χ4n) is 1.64. The Balaban J connectivity index is 3.38. The first-order valence-electron chi connectivity index (χ1n) is 6.18. The van der Waals surface area contributed by atoms with Crippen molar-refractivity contribution in [3.8, 4) is 0 Å². The number of ketones is 1. The molecule has 0 aliphatic heterocycles. The Kier molecular flexibility index (Phi) is 8.81. The van der Waals surface area contributed by atoms with Crippen molar-refractivity contribution in [1.29, 1.82) is 0 Å².